The number of fused-ring (bicyclic) bond motifs is 19. The SMILES string of the molecule is Cc1ccccc1N(c1ccc(-c2ccccc2)cc1)c1ccc(-c2cc(-c3ccc4c(c3)C(c3ccccc3)(c3ccccc3)c3ccccc3-4)c3sc4ccccc4c3c2)cc1.c1ccc(-c2ccc(N(c3ccc(-c4ccccc4)cc3)c3cc(-c4ccc5c(c4)C4(c6ccccc6-c6ccccc64)c4ccccc4-5)c4oc5ccccc5c4c3)cc2)cc1. The molecule has 2 heterocycles. The molecule has 20 aromatic carbocycles. The van der Waals surface area contributed by atoms with Crippen LogP contribution < -0.4 is 9.80 Å². The van der Waals surface area contributed by atoms with Crippen LogP contribution in [0, 0.1) is 6.92 Å². The van der Waals surface area contributed by atoms with Crippen molar-refractivity contribution in [3.63, 3.8) is 0 Å². The van der Waals surface area contributed by atoms with Gasteiger partial charge in [-0.1, -0.05) is 376 Å². The number of hydrogen-bond acceptors (Lipinski definition) is 4. The molecule has 596 valence electrons. The Morgan fingerprint density at radius 1 is 0.213 bits per heavy atom. The highest BCUT2D eigenvalue weighted by Crippen LogP contribution is 2.64. The Balaban J connectivity index is 0.000000142. The minimum atomic E-state index is -0.470. The summed E-state index contributed by atoms with van der Waals surface area (Å²) in [5, 5.41) is 4.76. The van der Waals surface area contributed by atoms with Crippen molar-refractivity contribution < 1.29 is 4.42 Å². The zero-order chi connectivity index (χ0) is 84.1. The maximum atomic E-state index is 6.91. The first-order valence-electron chi connectivity index (χ1n) is 43.8. The van der Waals surface area contributed by atoms with Crippen molar-refractivity contribution in [3.05, 3.63) is 529 Å². The number of furan rings is 1. The summed E-state index contributed by atoms with van der Waals surface area (Å²) >= 11 is 1.90. The van der Waals surface area contributed by atoms with Gasteiger partial charge < -0.3 is 14.2 Å². The molecule has 25 rings (SSSR count). The Kier molecular flexibility index (Phi) is 18.1. The molecule has 0 aliphatic heterocycles. The monoisotopic (exact) mass is 1630 g/mol. The molecule has 3 aliphatic carbocycles. The van der Waals surface area contributed by atoms with Crippen molar-refractivity contribution in [2.75, 3.05) is 9.80 Å². The Morgan fingerprint density at radius 2 is 0.575 bits per heavy atom. The standard InChI is InChI=1S/C62H43NS.C61H39NO/c1-42-17-11-15-27-59(42)63(50-34-29-44(30-35-50)43-18-5-2-6-19-43)51-36-31-45(32-37-51)47-39-55(61-56(40-47)54-25-13-16-28-60(54)64-61)46-33-38-53-52-24-12-14-26-57(52)62(58(53)41-46,48-20-7-3-8-21-48)49-22-9-4-10-23-49;1-3-15-40(16-4-1)42-27-32-45(33-28-42)62(46-34-29-43(30-35-46)41-17-5-2-6-18-41)47-38-53(60-54(39-47)52-22-10-14-26-59(52)63-60)44-31-36-51-50-21-9-13-25-57(50)61(58(51)37-44)55-23-11-7-19-48(55)49-20-8-12-24-56(49)61/h2-41H,1H3;1-39H. The molecule has 4 heteroatoms. The van der Waals surface area contributed by atoms with Gasteiger partial charge in [-0.25, -0.2) is 0 Å². The summed E-state index contributed by atoms with van der Waals surface area (Å²) in [5.41, 5.74) is 41.1. The predicted octanol–water partition coefficient (Wildman–Crippen LogP) is 33.6. The molecule has 22 aromatic rings. The maximum absolute atomic E-state index is 6.91. The van der Waals surface area contributed by atoms with Crippen LogP contribution in [0.1, 0.15) is 50.1 Å². The lowest BCUT2D eigenvalue weighted by Gasteiger charge is -2.34. The summed E-state index contributed by atoms with van der Waals surface area (Å²) in [6.07, 6.45) is 0. The van der Waals surface area contributed by atoms with Gasteiger partial charge in [-0.2, -0.15) is 0 Å². The van der Waals surface area contributed by atoms with Crippen molar-refractivity contribution in [1.29, 1.82) is 0 Å². The number of hydrogen-bond donors (Lipinski definition) is 0. The van der Waals surface area contributed by atoms with E-state index in [1.54, 1.807) is 0 Å². The second-order valence-corrected chi connectivity index (χ2v) is 34.7. The quantitative estimate of drug-likeness (QED) is 0.108. The van der Waals surface area contributed by atoms with E-state index in [2.05, 4.69) is 496 Å². The molecular weight excluding hydrogens is 1550 g/mol. The van der Waals surface area contributed by atoms with Crippen LogP contribution in [0.25, 0.3) is 142 Å². The van der Waals surface area contributed by atoms with Gasteiger partial charge in [0.15, 0.2) is 0 Å². The largest absolute Gasteiger partial charge is 0.455 e. The molecule has 0 fully saturated rings. The van der Waals surface area contributed by atoms with Gasteiger partial charge in [0.25, 0.3) is 0 Å². The van der Waals surface area contributed by atoms with Gasteiger partial charge in [0.2, 0.25) is 0 Å². The van der Waals surface area contributed by atoms with E-state index >= 15 is 0 Å². The van der Waals surface area contributed by atoms with Crippen LogP contribution in [0.2, 0.25) is 0 Å². The summed E-state index contributed by atoms with van der Waals surface area (Å²) in [6.45, 7) is 2.19. The molecule has 0 saturated heterocycles. The molecule has 0 amide bonds. The molecule has 0 N–H and O–H groups in total. The van der Waals surface area contributed by atoms with Crippen molar-refractivity contribution in [1.82, 2.24) is 0 Å². The third-order valence-electron chi connectivity index (χ3n) is 26.8. The molecule has 0 radical (unpaired) electrons. The van der Waals surface area contributed by atoms with Gasteiger partial charge in [0.05, 0.1) is 10.8 Å². The van der Waals surface area contributed by atoms with Crippen LogP contribution >= 0.6 is 11.3 Å². The molecule has 0 unspecified atom stereocenters. The van der Waals surface area contributed by atoms with Crippen molar-refractivity contribution in [2.24, 2.45) is 0 Å². The molecule has 0 saturated carbocycles. The predicted molar refractivity (Wildman–Crippen MR) is 533 cm³/mol. The number of benzene rings is 20. The second-order valence-electron chi connectivity index (χ2n) is 33.6. The summed E-state index contributed by atoms with van der Waals surface area (Å²) in [7, 11) is 0. The zero-order valence-corrected chi connectivity index (χ0v) is 70.6. The lowest BCUT2D eigenvalue weighted by Crippen LogP contribution is -2.28. The Morgan fingerprint density at radius 3 is 1.06 bits per heavy atom. The third kappa shape index (κ3) is 12.3. The molecule has 127 heavy (non-hydrogen) atoms. The van der Waals surface area contributed by atoms with Crippen LogP contribution in [0.5, 0.6) is 0 Å². The maximum Gasteiger partial charge on any atom is 0.143 e. The summed E-state index contributed by atoms with van der Waals surface area (Å²) < 4.78 is 9.52. The number of thiophene rings is 1. The number of anilines is 6. The molecule has 3 nitrogen and oxygen atoms in total. The van der Waals surface area contributed by atoms with Gasteiger partial charge >= 0.3 is 0 Å². The van der Waals surface area contributed by atoms with Crippen molar-refractivity contribution in [2.45, 2.75) is 17.8 Å². The minimum absolute atomic E-state index is 0.452. The van der Waals surface area contributed by atoms with Crippen LogP contribution in [-0.2, 0) is 10.8 Å². The van der Waals surface area contributed by atoms with E-state index in [1.165, 1.54) is 159 Å². The first-order chi connectivity index (χ1) is 62.9. The van der Waals surface area contributed by atoms with Gasteiger partial charge in [0.1, 0.15) is 11.2 Å². The van der Waals surface area contributed by atoms with E-state index in [0.29, 0.717) is 0 Å². The average Bonchev–Trinajstić information content (AvgIpc) is 1.51. The van der Waals surface area contributed by atoms with E-state index in [1.807, 2.05) is 11.3 Å². The van der Waals surface area contributed by atoms with E-state index in [0.717, 1.165) is 67.2 Å². The lowest BCUT2D eigenvalue weighted by molar-refractivity contribution is 0.670. The first-order valence-corrected chi connectivity index (χ1v) is 44.6. The highest BCUT2D eigenvalue weighted by Gasteiger charge is 2.52. The molecule has 3 aliphatic rings. The smallest absolute Gasteiger partial charge is 0.143 e. The first kappa shape index (κ1) is 74.8. The second kappa shape index (κ2) is 30.8. The molecular formula is C123H82N2OS. The van der Waals surface area contributed by atoms with Crippen molar-refractivity contribution in [3.8, 4) is 100 Å². The molecule has 1 spiro atoms. The number of aryl methyl sites for hydroxylation is 1. The van der Waals surface area contributed by atoms with Crippen LogP contribution in [0.4, 0.5) is 34.1 Å². The van der Waals surface area contributed by atoms with Gasteiger partial charge in [-0.05, 0) is 249 Å². The number of para-hydroxylation sites is 2. The average molecular weight is 1640 g/mol. The third-order valence-corrected chi connectivity index (χ3v) is 28.0. The Labute approximate surface area is 743 Å². The fourth-order valence-corrected chi connectivity index (χ4v) is 22.3. The number of rotatable bonds is 14. The van der Waals surface area contributed by atoms with Crippen LogP contribution in [-0.4, -0.2) is 0 Å². The van der Waals surface area contributed by atoms with Crippen LogP contribution in [0.3, 0.4) is 0 Å². The molecule has 2 aromatic heterocycles. The fourth-order valence-electron chi connectivity index (χ4n) is 21.0. The van der Waals surface area contributed by atoms with Gasteiger partial charge in [-0.3, -0.25) is 0 Å². The van der Waals surface area contributed by atoms with Crippen LogP contribution in [0.15, 0.2) is 484 Å². The highest BCUT2D eigenvalue weighted by molar-refractivity contribution is 7.26. The molecule has 0 bridgehead atoms. The van der Waals surface area contributed by atoms with E-state index in [4.69, 9.17) is 4.42 Å². The van der Waals surface area contributed by atoms with Gasteiger partial charge in [0, 0.05) is 76.2 Å². The minimum Gasteiger partial charge on any atom is -0.455 e. The summed E-state index contributed by atoms with van der Waals surface area (Å²) in [4.78, 5) is 4.77. The fraction of sp³-hybridized carbons (Fsp3) is 0.0244. The highest BCUT2D eigenvalue weighted by atomic mass is 32.1. The van der Waals surface area contributed by atoms with Crippen molar-refractivity contribution >= 4 is 87.6 Å². The summed E-state index contributed by atoms with van der Waals surface area (Å²) in [6, 6.07) is 176. The van der Waals surface area contributed by atoms with E-state index in [-0.39, 0.29) is 0 Å². The molecule has 0 atom stereocenters. The van der Waals surface area contributed by atoms with E-state index in [9.17, 15) is 0 Å². The number of nitrogens with zero attached hydrogens (tertiary/aromatic N) is 2. The van der Waals surface area contributed by atoms with Gasteiger partial charge in [-0.15, -0.1) is 11.3 Å². The normalized spacial score (nSPS) is 12.7. The summed E-state index contributed by atoms with van der Waals surface area (Å²) in [5.74, 6) is 0. The lowest BCUT2D eigenvalue weighted by atomic mass is 9.67. The van der Waals surface area contributed by atoms with E-state index < -0.39 is 10.8 Å². The Bertz CT molecular complexity index is 7790. The Hall–Kier alpha value is -16.0. The zero-order valence-electron chi connectivity index (χ0n) is 69.8. The topological polar surface area (TPSA) is 19.6 Å².